The van der Waals surface area contributed by atoms with Crippen molar-refractivity contribution in [3.63, 3.8) is 0 Å². The van der Waals surface area contributed by atoms with Crippen molar-refractivity contribution >= 4 is 28.9 Å². The third kappa shape index (κ3) is 6.48. The van der Waals surface area contributed by atoms with Gasteiger partial charge in [0, 0.05) is 18.7 Å². The van der Waals surface area contributed by atoms with E-state index in [2.05, 4.69) is 16.3 Å². The lowest BCUT2D eigenvalue weighted by molar-refractivity contribution is -0.116. The molecule has 0 saturated carbocycles. The SMILES string of the molecule is CC(C#N)CN(C)CCCC(=O)Nc1ccc(Cl)c(N)c1. The zero-order chi connectivity index (χ0) is 15.8. The van der Waals surface area contributed by atoms with Gasteiger partial charge in [-0.3, -0.25) is 4.79 Å². The summed E-state index contributed by atoms with van der Waals surface area (Å²) >= 11 is 5.82. The normalized spacial score (nSPS) is 12.0. The number of nitrogens with zero attached hydrogens (tertiary/aromatic N) is 2. The Hall–Kier alpha value is -1.77. The number of anilines is 2. The standard InChI is InChI=1S/C15H21ClN4O/c1-11(9-17)10-20(2)7-3-4-15(21)19-12-5-6-13(16)14(18)8-12/h5-6,8,11H,3-4,7,10,18H2,1-2H3,(H,19,21). The van der Waals surface area contributed by atoms with Gasteiger partial charge in [-0.05, 0) is 45.1 Å². The Kier molecular flexibility index (Phi) is 7.00. The average molecular weight is 309 g/mol. The highest BCUT2D eigenvalue weighted by atomic mass is 35.5. The maximum Gasteiger partial charge on any atom is 0.224 e. The first-order valence-corrected chi connectivity index (χ1v) is 7.23. The van der Waals surface area contributed by atoms with E-state index in [-0.39, 0.29) is 11.8 Å². The van der Waals surface area contributed by atoms with Gasteiger partial charge in [-0.25, -0.2) is 0 Å². The van der Waals surface area contributed by atoms with Crippen molar-refractivity contribution in [2.45, 2.75) is 19.8 Å². The molecule has 0 bridgehead atoms. The summed E-state index contributed by atoms with van der Waals surface area (Å²) in [5, 5.41) is 12.0. The minimum absolute atomic E-state index is 0.000805. The van der Waals surface area contributed by atoms with Gasteiger partial charge in [-0.1, -0.05) is 11.6 Å². The Balaban J connectivity index is 2.31. The number of amides is 1. The second kappa shape index (κ2) is 8.50. The van der Waals surface area contributed by atoms with Crippen LogP contribution in [0.25, 0.3) is 0 Å². The van der Waals surface area contributed by atoms with Crippen molar-refractivity contribution < 1.29 is 4.79 Å². The van der Waals surface area contributed by atoms with E-state index in [0.717, 1.165) is 13.0 Å². The van der Waals surface area contributed by atoms with Crippen LogP contribution in [-0.4, -0.2) is 30.9 Å². The molecule has 0 radical (unpaired) electrons. The van der Waals surface area contributed by atoms with Gasteiger partial charge in [0.15, 0.2) is 0 Å². The molecule has 0 aromatic heterocycles. The minimum Gasteiger partial charge on any atom is -0.397 e. The van der Waals surface area contributed by atoms with E-state index in [4.69, 9.17) is 22.6 Å². The largest absolute Gasteiger partial charge is 0.397 e. The highest BCUT2D eigenvalue weighted by molar-refractivity contribution is 6.33. The Labute approximate surface area is 130 Å². The monoisotopic (exact) mass is 308 g/mol. The van der Waals surface area contributed by atoms with E-state index >= 15 is 0 Å². The molecule has 1 aromatic rings. The zero-order valence-corrected chi connectivity index (χ0v) is 13.2. The molecule has 1 unspecified atom stereocenters. The Morgan fingerprint density at radius 2 is 2.29 bits per heavy atom. The van der Waals surface area contributed by atoms with Crippen molar-refractivity contribution in [2.24, 2.45) is 5.92 Å². The van der Waals surface area contributed by atoms with E-state index < -0.39 is 0 Å². The summed E-state index contributed by atoms with van der Waals surface area (Å²) in [5.74, 6) is -0.0562. The van der Waals surface area contributed by atoms with Gasteiger partial charge < -0.3 is 16.0 Å². The van der Waals surface area contributed by atoms with Gasteiger partial charge in [-0.15, -0.1) is 0 Å². The summed E-state index contributed by atoms with van der Waals surface area (Å²) in [6, 6.07) is 7.21. The average Bonchev–Trinajstić information content (AvgIpc) is 2.42. The lowest BCUT2D eigenvalue weighted by atomic mass is 10.2. The number of rotatable bonds is 7. The van der Waals surface area contributed by atoms with Crippen LogP contribution in [0.5, 0.6) is 0 Å². The van der Waals surface area contributed by atoms with E-state index in [1.165, 1.54) is 0 Å². The predicted molar refractivity (Wildman–Crippen MR) is 86.0 cm³/mol. The molecule has 3 N–H and O–H groups in total. The number of carbonyl (C=O) groups excluding carboxylic acids is 1. The number of benzene rings is 1. The molecule has 0 fully saturated rings. The summed E-state index contributed by atoms with van der Waals surface area (Å²) in [7, 11) is 1.95. The molecule has 1 rings (SSSR count). The first-order chi connectivity index (χ1) is 9.92. The van der Waals surface area contributed by atoms with Crippen LogP contribution in [0.4, 0.5) is 11.4 Å². The summed E-state index contributed by atoms with van der Waals surface area (Å²) < 4.78 is 0. The van der Waals surface area contributed by atoms with Crippen LogP contribution in [0.15, 0.2) is 18.2 Å². The number of carbonyl (C=O) groups is 1. The topological polar surface area (TPSA) is 82.2 Å². The smallest absolute Gasteiger partial charge is 0.224 e. The highest BCUT2D eigenvalue weighted by Gasteiger charge is 2.07. The van der Waals surface area contributed by atoms with Gasteiger partial charge in [0.25, 0.3) is 0 Å². The van der Waals surface area contributed by atoms with Crippen molar-refractivity contribution in [3.05, 3.63) is 23.2 Å². The number of hydrogen-bond donors (Lipinski definition) is 2. The molecule has 0 aliphatic heterocycles. The summed E-state index contributed by atoms with van der Waals surface area (Å²) in [4.78, 5) is 13.9. The van der Waals surface area contributed by atoms with Crippen molar-refractivity contribution in [3.8, 4) is 6.07 Å². The van der Waals surface area contributed by atoms with Crippen molar-refractivity contribution in [1.29, 1.82) is 5.26 Å². The molecular formula is C15H21ClN4O. The molecule has 1 amide bonds. The fourth-order valence-electron chi connectivity index (χ4n) is 1.95. The third-order valence-corrected chi connectivity index (χ3v) is 3.37. The molecule has 114 valence electrons. The first kappa shape index (κ1) is 17.3. The number of nitriles is 1. The van der Waals surface area contributed by atoms with Gasteiger partial charge in [0.1, 0.15) is 0 Å². The van der Waals surface area contributed by atoms with Gasteiger partial charge in [-0.2, -0.15) is 5.26 Å². The lowest BCUT2D eigenvalue weighted by Crippen LogP contribution is -2.25. The Morgan fingerprint density at radius 1 is 1.57 bits per heavy atom. The van der Waals surface area contributed by atoms with Gasteiger partial charge in [0.2, 0.25) is 5.91 Å². The fourth-order valence-corrected chi connectivity index (χ4v) is 2.07. The third-order valence-electron chi connectivity index (χ3n) is 3.03. The molecule has 1 aromatic carbocycles. The maximum absolute atomic E-state index is 11.8. The van der Waals surface area contributed by atoms with Crippen molar-refractivity contribution in [1.82, 2.24) is 4.90 Å². The van der Waals surface area contributed by atoms with Gasteiger partial charge in [0.05, 0.1) is 22.7 Å². The van der Waals surface area contributed by atoms with Crippen molar-refractivity contribution in [2.75, 3.05) is 31.2 Å². The molecule has 6 heteroatoms. The zero-order valence-electron chi connectivity index (χ0n) is 12.4. The maximum atomic E-state index is 11.8. The lowest BCUT2D eigenvalue weighted by Gasteiger charge is -2.17. The molecule has 5 nitrogen and oxygen atoms in total. The van der Waals surface area contributed by atoms with Crippen LogP contribution in [0, 0.1) is 17.2 Å². The van der Waals surface area contributed by atoms with Crippen LogP contribution < -0.4 is 11.1 Å². The Morgan fingerprint density at radius 3 is 2.90 bits per heavy atom. The van der Waals surface area contributed by atoms with Gasteiger partial charge >= 0.3 is 0 Å². The molecule has 0 aliphatic carbocycles. The Bertz CT molecular complexity index is 527. The summed E-state index contributed by atoms with van der Waals surface area (Å²) in [6.07, 6.45) is 1.16. The van der Waals surface area contributed by atoms with E-state index in [1.807, 2.05) is 14.0 Å². The molecule has 0 heterocycles. The molecule has 0 saturated heterocycles. The first-order valence-electron chi connectivity index (χ1n) is 6.85. The van der Waals surface area contributed by atoms with Crippen LogP contribution >= 0.6 is 11.6 Å². The van der Waals surface area contributed by atoms with Crippen LogP contribution in [0.1, 0.15) is 19.8 Å². The van der Waals surface area contributed by atoms with Crippen LogP contribution in [0.3, 0.4) is 0 Å². The number of nitrogens with two attached hydrogens (primary N) is 1. The molecule has 0 spiro atoms. The molecule has 0 aliphatic rings. The second-order valence-corrected chi connectivity index (χ2v) is 5.59. The molecule has 1 atom stereocenters. The molecular weight excluding hydrogens is 288 g/mol. The summed E-state index contributed by atoms with van der Waals surface area (Å²) in [5.41, 5.74) is 6.77. The number of hydrogen-bond acceptors (Lipinski definition) is 4. The number of halogens is 1. The molecule has 21 heavy (non-hydrogen) atoms. The van der Waals surface area contributed by atoms with E-state index in [0.29, 0.717) is 29.4 Å². The number of nitrogens with one attached hydrogen (secondary N) is 1. The van der Waals surface area contributed by atoms with Crippen LogP contribution in [-0.2, 0) is 4.79 Å². The van der Waals surface area contributed by atoms with E-state index in [1.54, 1.807) is 18.2 Å². The van der Waals surface area contributed by atoms with E-state index in [9.17, 15) is 4.79 Å². The van der Waals surface area contributed by atoms with Crippen LogP contribution in [0.2, 0.25) is 5.02 Å². The predicted octanol–water partition coefficient (Wildman–Crippen LogP) is 2.73. The highest BCUT2D eigenvalue weighted by Crippen LogP contribution is 2.22. The second-order valence-electron chi connectivity index (χ2n) is 5.18. The fraction of sp³-hybridized carbons (Fsp3) is 0.467. The summed E-state index contributed by atoms with van der Waals surface area (Å²) in [6.45, 7) is 3.38. The quantitative estimate of drug-likeness (QED) is 0.759. The minimum atomic E-state index is -0.0570. The number of nitrogen functional groups attached to an aromatic ring is 1.